The summed E-state index contributed by atoms with van der Waals surface area (Å²) in [5.74, 6) is 0.636. The van der Waals surface area contributed by atoms with Gasteiger partial charge in [0.1, 0.15) is 11.1 Å². The first-order valence-corrected chi connectivity index (χ1v) is 10.3. The van der Waals surface area contributed by atoms with Gasteiger partial charge in [0, 0.05) is 12.7 Å². The molecule has 29 heavy (non-hydrogen) atoms. The van der Waals surface area contributed by atoms with Crippen LogP contribution in [0.15, 0.2) is 23.1 Å². The van der Waals surface area contributed by atoms with Gasteiger partial charge >= 0.3 is 6.18 Å². The van der Waals surface area contributed by atoms with E-state index in [0.717, 1.165) is 25.7 Å². The van der Waals surface area contributed by atoms with Gasteiger partial charge in [0.25, 0.3) is 5.56 Å². The zero-order chi connectivity index (χ0) is 20.6. The third-order valence-corrected chi connectivity index (χ3v) is 6.14. The minimum Gasteiger partial charge on any atom is -0.397 e. The molecule has 3 heterocycles. The number of aromatic nitrogens is 4. The van der Waals surface area contributed by atoms with Crippen LogP contribution in [-0.4, -0.2) is 18.9 Å². The minimum absolute atomic E-state index is 0.0590. The van der Waals surface area contributed by atoms with E-state index in [4.69, 9.17) is 5.73 Å². The highest BCUT2D eigenvalue weighted by Crippen LogP contribution is 2.35. The van der Waals surface area contributed by atoms with Gasteiger partial charge in [-0.05, 0) is 36.0 Å². The molecule has 0 amide bonds. The zero-order valence-corrected chi connectivity index (χ0v) is 16.4. The number of rotatable bonds is 4. The average Bonchev–Trinajstić information content (AvgIpc) is 3.13. The molecule has 0 saturated heterocycles. The third kappa shape index (κ3) is 3.85. The van der Waals surface area contributed by atoms with Crippen molar-refractivity contribution in [3.8, 4) is 11.5 Å². The molecule has 154 valence electrons. The van der Waals surface area contributed by atoms with Gasteiger partial charge in [0.05, 0.1) is 5.69 Å². The lowest BCUT2D eigenvalue weighted by Crippen LogP contribution is -2.26. The standard InChI is InChI=1S/C19H20F3N5OS/c20-19(21,22)15-13-17(29-26-15)25-16(14-12(23)7-4-9-24-14)27(18(13)28)10-8-11-5-2-1-3-6-11/h4,7,9,11H,1-3,5-6,8,10,23H2. The van der Waals surface area contributed by atoms with Crippen LogP contribution < -0.4 is 11.3 Å². The van der Waals surface area contributed by atoms with Crippen molar-refractivity contribution in [1.29, 1.82) is 0 Å². The summed E-state index contributed by atoms with van der Waals surface area (Å²) in [6.07, 6.45) is 3.12. The normalized spacial score (nSPS) is 15.8. The summed E-state index contributed by atoms with van der Waals surface area (Å²) in [6, 6.07) is 3.27. The minimum atomic E-state index is -4.72. The van der Waals surface area contributed by atoms with Gasteiger partial charge in [-0.25, -0.2) is 4.98 Å². The highest BCUT2D eigenvalue weighted by Gasteiger charge is 2.38. The second kappa shape index (κ2) is 7.74. The molecule has 0 unspecified atom stereocenters. The van der Waals surface area contributed by atoms with Crippen molar-refractivity contribution in [2.24, 2.45) is 5.92 Å². The Balaban J connectivity index is 1.86. The van der Waals surface area contributed by atoms with Gasteiger partial charge in [0.2, 0.25) is 0 Å². The number of nitrogens with two attached hydrogens (primary N) is 1. The topological polar surface area (TPSA) is 86.7 Å². The lowest BCUT2D eigenvalue weighted by Gasteiger charge is -2.22. The number of nitrogens with zero attached hydrogens (tertiary/aromatic N) is 4. The molecule has 0 bridgehead atoms. The summed E-state index contributed by atoms with van der Waals surface area (Å²) >= 11 is 0.561. The van der Waals surface area contributed by atoms with Crippen LogP contribution >= 0.6 is 11.5 Å². The number of pyridine rings is 1. The second-order valence-corrected chi connectivity index (χ2v) is 8.09. The van der Waals surface area contributed by atoms with E-state index in [1.165, 1.54) is 17.2 Å². The fourth-order valence-electron chi connectivity index (χ4n) is 3.91. The van der Waals surface area contributed by atoms with Crippen molar-refractivity contribution >= 4 is 27.4 Å². The average molecular weight is 423 g/mol. The third-order valence-electron chi connectivity index (χ3n) is 5.40. The van der Waals surface area contributed by atoms with E-state index >= 15 is 0 Å². The molecule has 1 saturated carbocycles. The maximum Gasteiger partial charge on any atom is 0.435 e. The Morgan fingerprint density at radius 2 is 2.00 bits per heavy atom. The van der Waals surface area contributed by atoms with E-state index in [1.54, 1.807) is 12.1 Å². The highest BCUT2D eigenvalue weighted by atomic mass is 32.1. The smallest absolute Gasteiger partial charge is 0.397 e. The number of hydrogen-bond acceptors (Lipinski definition) is 6. The Bertz CT molecular complexity index is 1090. The molecular formula is C19H20F3N5OS. The van der Waals surface area contributed by atoms with E-state index < -0.39 is 22.8 Å². The summed E-state index contributed by atoms with van der Waals surface area (Å²) < 4.78 is 44.8. The van der Waals surface area contributed by atoms with Crippen molar-refractivity contribution in [3.05, 3.63) is 34.4 Å². The largest absolute Gasteiger partial charge is 0.435 e. The number of nitrogen functional groups attached to an aromatic ring is 1. The fraction of sp³-hybridized carbons (Fsp3) is 0.474. The Kier molecular flexibility index (Phi) is 5.28. The summed E-state index contributed by atoms with van der Waals surface area (Å²) in [5, 5.41) is -0.482. The summed E-state index contributed by atoms with van der Waals surface area (Å²) in [4.78, 5) is 21.7. The molecule has 3 aromatic rings. The van der Waals surface area contributed by atoms with E-state index in [1.807, 2.05) is 0 Å². The molecule has 6 nitrogen and oxygen atoms in total. The Hall–Kier alpha value is -2.49. The predicted octanol–water partition coefficient (Wildman–Crippen LogP) is 4.49. The number of alkyl halides is 3. The van der Waals surface area contributed by atoms with Crippen LogP contribution in [0.2, 0.25) is 0 Å². The molecule has 1 aliphatic carbocycles. The Morgan fingerprint density at radius 3 is 2.69 bits per heavy atom. The van der Waals surface area contributed by atoms with E-state index in [9.17, 15) is 18.0 Å². The molecule has 0 radical (unpaired) electrons. The lowest BCUT2D eigenvalue weighted by atomic mass is 9.87. The maximum absolute atomic E-state index is 13.4. The van der Waals surface area contributed by atoms with Gasteiger partial charge in [0.15, 0.2) is 16.3 Å². The number of anilines is 1. The van der Waals surface area contributed by atoms with E-state index in [0.29, 0.717) is 29.6 Å². The van der Waals surface area contributed by atoms with Crippen molar-refractivity contribution in [1.82, 2.24) is 18.9 Å². The van der Waals surface area contributed by atoms with Crippen LogP contribution in [0.4, 0.5) is 18.9 Å². The molecule has 4 rings (SSSR count). The molecule has 0 aromatic carbocycles. The molecule has 2 N–H and O–H groups in total. The molecule has 0 atom stereocenters. The number of hydrogen-bond donors (Lipinski definition) is 1. The quantitative estimate of drug-likeness (QED) is 0.668. The van der Waals surface area contributed by atoms with E-state index in [2.05, 4.69) is 14.3 Å². The van der Waals surface area contributed by atoms with Gasteiger partial charge in [-0.1, -0.05) is 32.1 Å². The maximum atomic E-state index is 13.4. The van der Waals surface area contributed by atoms with Crippen LogP contribution in [0.25, 0.3) is 21.7 Å². The van der Waals surface area contributed by atoms with Crippen LogP contribution in [0.1, 0.15) is 44.2 Å². The molecule has 1 fully saturated rings. The Labute approximate surface area is 168 Å². The van der Waals surface area contributed by atoms with E-state index in [-0.39, 0.29) is 22.9 Å². The van der Waals surface area contributed by atoms with Crippen LogP contribution in [0.3, 0.4) is 0 Å². The first-order chi connectivity index (χ1) is 13.9. The number of halogens is 3. The van der Waals surface area contributed by atoms with Crippen molar-refractivity contribution in [3.63, 3.8) is 0 Å². The predicted molar refractivity (Wildman–Crippen MR) is 106 cm³/mol. The SMILES string of the molecule is Nc1cccnc1-c1nc2snc(C(F)(F)F)c2c(=O)n1CCC1CCCCC1. The van der Waals surface area contributed by atoms with Gasteiger partial charge in [-0.15, -0.1) is 0 Å². The molecule has 3 aromatic heterocycles. The molecule has 10 heteroatoms. The van der Waals surface area contributed by atoms with Crippen LogP contribution in [-0.2, 0) is 12.7 Å². The molecule has 1 aliphatic rings. The number of fused-ring (bicyclic) bond motifs is 1. The van der Waals surface area contributed by atoms with Gasteiger partial charge in [-0.2, -0.15) is 17.5 Å². The van der Waals surface area contributed by atoms with Gasteiger partial charge in [-0.3, -0.25) is 14.3 Å². The summed E-state index contributed by atoms with van der Waals surface area (Å²) in [5.41, 5.74) is 4.70. The van der Waals surface area contributed by atoms with Crippen molar-refractivity contribution < 1.29 is 13.2 Å². The molecule has 0 spiro atoms. The summed E-state index contributed by atoms with van der Waals surface area (Å²) in [6.45, 7) is 0.269. The van der Waals surface area contributed by atoms with Crippen LogP contribution in [0, 0.1) is 5.92 Å². The highest BCUT2D eigenvalue weighted by molar-refractivity contribution is 7.12. The molecular weight excluding hydrogens is 403 g/mol. The van der Waals surface area contributed by atoms with Crippen LogP contribution in [0.5, 0.6) is 0 Å². The first-order valence-electron chi connectivity index (χ1n) is 9.54. The molecule has 0 aliphatic heterocycles. The van der Waals surface area contributed by atoms with Crippen molar-refractivity contribution in [2.75, 3.05) is 5.73 Å². The lowest BCUT2D eigenvalue weighted by molar-refractivity contribution is -0.139. The summed E-state index contributed by atoms with van der Waals surface area (Å²) in [7, 11) is 0. The monoisotopic (exact) mass is 423 g/mol. The zero-order valence-electron chi connectivity index (χ0n) is 15.6. The van der Waals surface area contributed by atoms with Gasteiger partial charge < -0.3 is 5.73 Å². The van der Waals surface area contributed by atoms with Crippen molar-refractivity contribution in [2.45, 2.75) is 51.2 Å². The second-order valence-electron chi connectivity index (χ2n) is 7.34. The Morgan fingerprint density at radius 1 is 1.24 bits per heavy atom. The fourth-order valence-corrected chi connectivity index (χ4v) is 4.69. The first kappa shape index (κ1) is 19.8.